The molecule has 0 aliphatic heterocycles. The van der Waals surface area contributed by atoms with Gasteiger partial charge in [0.15, 0.2) is 0 Å². The maximum atomic E-state index is 11.5. The van der Waals surface area contributed by atoms with Gasteiger partial charge in [-0.05, 0) is 26.2 Å². The van der Waals surface area contributed by atoms with Crippen LogP contribution >= 0.6 is 0 Å². The van der Waals surface area contributed by atoms with Gasteiger partial charge in [0.05, 0.1) is 6.10 Å². The van der Waals surface area contributed by atoms with Gasteiger partial charge < -0.3 is 15.8 Å². The summed E-state index contributed by atoms with van der Waals surface area (Å²) in [6.45, 7) is 6.60. The standard InChI is InChI=1S/C12H26N2O2/c1-5-12(13,6-2)9-14-11(15)8-7-10(3)16-4/h10H,5-9,13H2,1-4H3,(H,14,15). The van der Waals surface area contributed by atoms with E-state index in [1.54, 1.807) is 7.11 Å². The number of carbonyl (C=O) groups is 1. The van der Waals surface area contributed by atoms with Crippen LogP contribution in [0.25, 0.3) is 0 Å². The molecule has 0 aromatic heterocycles. The number of nitrogens with two attached hydrogens (primary N) is 1. The summed E-state index contributed by atoms with van der Waals surface area (Å²) in [4.78, 5) is 11.5. The fourth-order valence-electron chi connectivity index (χ4n) is 1.32. The summed E-state index contributed by atoms with van der Waals surface area (Å²) < 4.78 is 5.08. The van der Waals surface area contributed by atoms with Gasteiger partial charge in [-0.1, -0.05) is 13.8 Å². The van der Waals surface area contributed by atoms with Crippen LogP contribution in [0.2, 0.25) is 0 Å². The average Bonchev–Trinajstić information content (AvgIpc) is 2.32. The number of methoxy groups -OCH3 is 1. The number of ether oxygens (including phenoxy) is 1. The molecule has 0 radical (unpaired) electrons. The van der Waals surface area contributed by atoms with E-state index in [-0.39, 0.29) is 17.6 Å². The van der Waals surface area contributed by atoms with Crippen LogP contribution in [-0.2, 0) is 9.53 Å². The summed E-state index contributed by atoms with van der Waals surface area (Å²) in [7, 11) is 1.65. The highest BCUT2D eigenvalue weighted by Gasteiger charge is 2.20. The van der Waals surface area contributed by atoms with Crippen molar-refractivity contribution in [2.24, 2.45) is 5.73 Å². The number of rotatable bonds is 8. The van der Waals surface area contributed by atoms with Gasteiger partial charge >= 0.3 is 0 Å². The molecule has 0 aromatic carbocycles. The van der Waals surface area contributed by atoms with Crippen LogP contribution in [-0.4, -0.2) is 31.2 Å². The summed E-state index contributed by atoms with van der Waals surface area (Å²) in [5, 5.41) is 2.89. The lowest BCUT2D eigenvalue weighted by atomic mass is 9.94. The predicted octanol–water partition coefficient (Wildman–Crippen LogP) is 1.44. The highest BCUT2D eigenvalue weighted by atomic mass is 16.5. The van der Waals surface area contributed by atoms with E-state index in [9.17, 15) is 4.79 Å². The lowest BCUT2D eigenvalue weighted by Crippen LogP contribution is -2.49. The highest BCUT2D eigenvalue weighted by Crippen LogP contribution is 2.09. The van der Waals surface area contributed by atoms with Gasteiger partial charge in [-0.25, -0.2) is 0 Å². The number of amides is 1. The van der Waals surface area contributed by atoms with E-state index >= 15 is 0 Å². The van der Waals surface area contributed by atoms with E-state index < -0.39 is 0 Å². The number of nitrogens with one attached hydrogen (secondary N) is 1. The van der Waals surface area contributed by atoms with Crippen molar-refractivity contribution in [1.82, 2.24) is 5.32 Å². The van der Waals surface area contributed by atoms with Gasteiger partial charge in [0.2, 0.25) is 5.91 Å². The molecular formula is C12H26N2O2. The van der Waals surface area contributed by atoms with E-state index in [2.05, 4.69) is 5.32 Å². The largest absolute Gasteiger partial charge is 0.382 e. The minimum absolute atomic E-state index is 0.0561. The van der Waals surface area contributed by atoms with Crippen molar-refractivity contribution < 1.29 is 9.53 Å². The molecule has 4 heteroatoms. The topological polar surface area (TPSA) is 64.3 Å². The summed E-state index contributed by atoms with van der Waals surface area (Å²) in [5.74, 6) is 0.0561. The monoisotopic (exact) mass is 230 g/mol. The molecule has 1 atom stereocenters. The maximum absolute atomic E-state index is 11.5. The van der Waals surface area contributed by atoms with Crippen LogP contribution in [0, 0.1) is 0 Å². The zero-order chi connectivity index (χ0) is 12.6. The molecule has 0 saturated carbocycles. The summed E-state index contributed by atoms with van der Waals surface area (Å²) >= 11 is 0. The minimum atomic E-state index is -0.261. The van der Waals surface area contributed by atoms with Crippen molar-refractivity contribution in [3.8, 4) is 0 Å². The SMILES string of the molecule is CCC(N)(CC)CNC(=O)CCC(C)OC. The molecule has 0 aromatic rings. The molecule has 0 aliphatic rings. The van der Waals surface area contributed by atoms with Gasteiger partial charge in [0, 0.05) is 25.6 Å². The van der Waals surface area contributed by atoms with E-state index in [1.165, 1.54) is 0 Å². The minimum Gasteiger partial charge on any atom is -0.382 e. The van der Waals surface area contributed by atoms with Gasteiger partial charge in [-0.3, -0.25) is 4.79 Å². The van der Waals surface area contributed by atoms with Crippen molar-refractivity contribution in [3.63, 3.8) is 0 Å². The summed E-state index contributed by atoms with van der Waals surface area (Å²) in [6.07, 6.45) is 3.12. The number of hydrogen-bond acceptors (Lipinski definition) is 3. The molecular weight excluding hydrogens is 204 g/mol. The normalized spacial score (nSPS) is 13.6. The molecule has 0 bridgehead atoms. The molecule has 0 heterocycles. The third-order valence-corrected chi connectivity index (χ3v) is 3.23. The molecule has 1 unspecified atom stereocenters. The van der Waals surface area contributed by atoms with E-state index in [0.717, 1.165) is 19.3 Å². The smallest absolute Gasteiger partial charge is 0.220 e. The van der Waals surface area contributed by atoms with Crippen LogP contribution in [0.1, 0.15) is 46.5 Å². The van der Waals surface area contributed by atoms with Gasteiger partial charge in [-0.15, -0.1) is 0 Å². The Morgan fingerprint density at radius 1 is 1.44 bits per heavy atom. The molecule has 0 spiro atoms. The van der Waals surface area contributed by atoms with Crippen molar-refractivity contribution >= 4 is 5.91 Å². The number of carbonyl (C=O) groups excluding carboxylic acids is 1. The van der Waals surface area contributed by atoms with Crippen LogP contribution in [0.4, 0.5) is 0 Å². The van der Waals surface area contributed by atoms with Crippen LogP contribution in [0.3, 0.4) is 0 Å². The first-order valence-electron chi connectivity index (χ1n) is 6.05. The molecule has 0 aliphatic carbocycles. The zero-order valence-electron chi connectivity index (χ0n) is 11.0. The third-order valence-electron chi connectivity index (χ3n) is 3.23. The Morgan fingerprint density at radius 3 is 2.44 bits per heavy atom. The molecule has 4 nitrogen and oxygen atoms in total. The fourth-order valence-corrected chi connectivity index (χ4v) is 1.32. The van der Waals surface area contributed by atoms with Crippen molar-refractivity contribution in [1.29, 1.82) is 0 Å². The van der Waals surface area contributed by atoms with E-state index in [4.69, 9.17) is 10.5 Å². The molecule has 96 valence electrons. The molecule has 0 fully saturated rings. The van der Waals surface area contributed by atoms with E-state index in [1.807, 2.05) is 20.8 Å². The molecule has 0 rings (SSSR count). The van der Waals surface area contributed by atoms with Gasteiger partial charge in [0.25, 0.3) is 0 Å². The first-order valence-corrected chi connectivity index (χ1v) is 6.05. The van der Waals surface area contributed by atoms with Crippen molar-refractivity contribution in [3.05, 3.63) is 0 Å². The molecule has 0 saturated heterocycles. The maximum Gasteiger partial charge on any atom is 0.220 e. The second kappa shape index (κ2) is 7.63. The Kier molecular flexibility index (Phi) is 7.34. The molecule has 1 amide bonds. The van der Waals surface area contributed by atoms with Crippen molar-refractivity contribution in [2.75, 3.05) is 13.7 Å². The first kappa shape index (κ1) is 15.4. The van der Waals surface area contributed by atoms with E-state index in [0.29, 0.717) is 13.0 Å². The second-order valence-electron chi connectivity index (χ2n) is 4.43. The second-order valence-corrected chi connectivity index (χ2v) is 4.43. The number of hydrogen-bond donors (Lipinski definition) is 2. The molecule has 16 heavy (non-hydrogen) atoms. The van der Waals surface area contributed by atoms with Crippen molar-refractivity contribution in [2.45, 2.75) is 58.1 Å². The van der Waals surface area contributed by atoms with Crippen LogP contribution < -0.4 is 11.1 Å². The summed E-state index contributed by atoms with van der Waals surface area (Å²) in [5.41, 5.74) is 5.83. The zero-order valence-corrected chi connectivity index (χ0v) is 11.0. The van der Waals surface area contributed by atoms with Crippen LogP contribution in [0.5, 0.6) is 0 Å². The Morgan fingerprint density at radius 2 is 2.00 bits per heavy atom. The van der Waals surface area contributed by atoms with Crippen LogP contribution in [0.15, 0.2) is 0 Å². The first-order chi connectivity index (χ1) is 7.47. The lowest BCUT2D eigenvalue weighted by molar-refractivity contribution is -0.122. The Hall–Kier alpha value is -0.610. The van der Waals surface area contributed by atoms with Gasteiger partial charge in [-0.2, -0.15) is 0 Å². The Balaban J connectivity index is 3.80. The highest BCUT2D eigenvalue weighted by molar-refractivity contribution is 5.75. The third kappa shape index (κ3) is 6.08. The lowest BCUT2D eigenvalue weighted by Gasteiger charge is -2.26. The quantitative estimate of drug-likeness (QED) is 0.663. The van der Waals surface area contributed by atoms with Gasteiger partial charge in [0.1, 0.15) is 0 Å². The average molecular weight is 230 g/mol. The predicted molar refractivity (Wildman–Crippen MR) is 66.2 cm³/mol. The fraction of sp³-hybridized carbons (Fsp3) is 0.917. The summed E-state index contributed by atoms with van der Waals surface area (Å²) in [6, 6.07) is 0. The Bertz CT molecular complexity index is 203. The Labute approximate surface area is 98.9 Å². The molecule has 3 N–H and O–H groups in total.